The van der Waals surface area contributed by atoms with Crippen molar-refractivity contribution in [2.75, 3.05) is 0 Å². The van der Waals surface area contributed by atoms with Gasteiger partial charge in [0.1, 0.15) is 22.3 Å². The van der Waals surface area contributed by atoms with Crippen LogP contribution in [0.4, 0.5) is 0 Å². The average molecular weight is 806 g/mol. The van der Waals surface area contributed by atoms with E-state index >= 15 is 0 Å². The summed E-state index contributed by atoms with van der Waals surface area (Å²) in [7, 11) is 0. The monoisotopic (exact) mass is 805 g/mol. The van der Waals surface area contributed by atoms with E-state index in [1.807, 2.05) is 78.9 Å². The van der Waals surface area contributed by atoms with Crippen molar-refractivity contribution in [1.29, 1.82) is 0 Å². The van der Waals surface area contributed by atoms with Crippen LogP contribution >= 0.6 is 0 Å². The minimum atomic E-state index is 0.0882. The van der Waals surface area contributed by atoms with E-state index in [0.29, 0.717) is 17.5 Å². The number of aromatic nitrogens is 3. The predicted octanol–water partition coefficient (Wildman–Crippen LogP) is 15.2. The molecule has 294 valence electrons. The first kappa shape index (κ1) is 35.4. The number of furan rings is 2. The molecule has 1 aliphatic rings. The van der Waals surface area contributed by atoms with Crippen molar-refractivity contribution in [3.05, 3.63) is 223 Å². The zero-order valence-electron chi connectivity index (χ0n) is 33.9. The van der Waals surface area contributed by atoms with Crippen LogP contribution in [0.3, 0.4) is 0 Å². The van der Waals surface area contributed by atoms with Gasteiger partial charge in [0, 0.05) is 44.2 Å². The highest BCUT2D eigenvalue weighted by molar-refractivity contribution is 6.15. The summed E-state index contributed by atoms with van der Waals surface area (Å²) in [6, 6.07) is 72.5. The molecule has 0 radical (unpaired) electrons. The summed E-state index contributed by atoms with van der Waals surface area (Å²) in [5.74, 6) is 2.02. The SMILES string of the molecule is c1ccc(-c2nc(-c3ccccc3)nc(-c3cccc(-c4cccc(C5c6ccccc6-c6cc(-c7ccc8oc9cc%10c(cc9c8c7)oc7ccccc7%10)ccc65)c4)c3)n2)cc1. The summed E-state index contributed by atoms with van der Waals surface area (Å²) in [4.78, 5) is 14.9. The fourth-order valence-corrected chi connectivity index (χ4v) is 9.59. The zero-order valence-corrected chi connectivity index (χ0v) is 33.9. The molecule has 0 bridgehead atoms. The van der Waals surface area contributed by atoms with Gasteiger partial charge in [-0.15, -0.1) is 0 Å². The highest BCUT2D eigenvalue weighted by Gasteiger charge is 2.30. The molecule has 3 aromatic heterocycles. The van der Waals surface area contributed by atoms with Crippen LogP contribution in [0.25, 0.3) is 111 Å². The van der Waals surface area contributed by atoms with Gasteiger partial charge in [-0.2, -0.15) is 0 Å². The Hall–Kier alpha value is -8.41. The number of para-hydroxylation sites is 1. The number of nitrogens with zero attached hydrogens (tertiary/aromatic N) is 3. The summed E-state index contributed by atoms with van der Waals surface area (Å²) in [6.07, 6.45) is 0. The first-order chi connectivity index (χ1) is 31.2. The molecule has 0 amide bonds. The van der Waals surface area contributed by atoms with E-state index in [1.165, 1.54) is 33.4 Å². The molecule has 1 atom stereocenters. The van der Waals surface area contributed by atoms with Crippen molar-refractivity contribution in [2.45, 2.75) is 5.92 Å². The Labute approximate surface area is 362 Å². The first-order valence-corrected chi connectivity index (χ1v) is 21.3. The van der Waals surface area contributed by atoms with Gasteiger partial charge in [-0.05, 0) is 92.5 Å². The van der Waals surface area contributed by atoms with Crippen LogP contribution in [0.2, 0.25) is 0 Å². The minimum absolute atomic E-state index is 0.0882. The van der Waals surface area contributed by atoms with Gasteiger partial charge in [-0.3, -0.25) is 0 Å². The van der Waals surface area contributed by atoms with Crippen LogP contribution in [0, 0.1) is 0 Å². The van der Waals surface area contributed by atoms with Crippen LogP contribution < -0.4 is 0 Å². The highest BCUT2D eigenvalue weighted by atomic mass is 16.3. The minimum Gasteiger partial charge on any atom is -0.456 e. The summed E-state index contributed by atoms with van der Waals surface area (Å²) in [6.45, 7) is 0. The molecule has 3 heterocycles. The third kappa shape index (κ3) is 5.89. The maximum absolute atomic E-state index is 6.42. The van der Waals surface area contributed by atoms with Crippen molar-refractivity contribution >= 4 is 43.9 Å². The Morgan fingerprint density at radius 3 is 1.56 bits per heavy atom. The Bertz CT molecular complexity index is 3700. The molecule has 0 saturated heterocycles. The molecule has 0 fully saturated rings. The average Bonchev–Trinajstić information content (AvgIpc) is 4.02. The quantitative estimate of drug-likeness (QED) is 0.167. The van der Waals surface area contributed by atoms with E-state index in [0.717, 1.165) is 77.3 Å². The number of fused-ring (bicyclic) bond motifs is 9. The van der Waals surface area contributed by atoms with Crippen LogP contribution in [-0.4, -0.2) is 15.0 Å². The number of hydrogen-bond acceptors (Lipinski definition) is 5. The highest BCUT2D eigenvalue weighted by Crippen LogP contribution is 2.50. The molecule has 0 spiro atoms. The first-order valence-electron chi connectivity index (χ1n) is 21.3. The van der Waals surface area contributed by atoms with Gasteiger partial charge < -0.3 is 8.83 Å². The largest absolute Gasteiger partial charge is 0.456 e. The lowest BCUT2D eigenvalue weighted by molar-refractivity contribution is 0.664. The molecule has 0 N–H and O–H groups in total. The van der Waals surface area contributed by atoms with E-state index in [-0.39, 0.29) is 5.92 Å². The molecule has 0 saturated carbocycles. The predicted molar refractivity (Wildman–Crippen MR) is 254 cm³/mol. The maximum Gasteiger partial charge on any atom is 0.164 e. The van der Waals surface area contributed by atoms with E-state index in [9.17, 15) is 0 Å². The van der Waals surface area contributed by atoms with Crippen LogP contribution in [0.5, 0.6) is 0 Å². The van der Waals surface area contributed by atoms with Crippen molar-refractivity contribution in [2.24, 2.45) is 0 Å². The molecule has 12 aromatic rings. The molecule has 5 heteroatoms. The normalized spacial score (nSPS) is 13.2. The van der Waals surface area contributed by atoms with Gasteiger partial charge in [-0.1, -0.05) is 164 Å². The Kier molecular flexibility index (Phi) is 7.90. The molecule has 1 aliphatic carbocycles. The fourth-order valence-electron chi connectivity index (χ4n) is 9.59. The molecule has 1 unspecified atom stereocenters. The van der Waals surface area contributed by atoms with Gasteiger partial charge in [0.05, 0.1) is 0 Å². The van der Waals surface area contributed by atoms with Crippen molar-refractivity contribution in [3.8, 4) is 67.5 Å². The molecule has 13 rings (SSSR count). The van der Waals surface area contributed by atoms with Gasteiger partial charge >= 0.3 is 0 Å². The van der Waals surface area contributed by atoms with Crippen molar-refractivity contribution in [3.63, 3.8) is 0 Å². The lowest BCUT2D eigenvalue weighted by atomic mass is 9.87. The summed E-state index contributed by atoms with van der Waals surface area (Å²) < 4.78 is 12.7. The van der Waals surface area contributed by atoms with E-state index < -0.39 is 0 Å². The molecular weight excluding hydrogens is 771 g/mol. The van der Waals surface area contributed by atoms with Gasteiger partial charge in [0.2, 0.25) is 0 Å². The standard InChI is InChI=1S/C58H35N3O2/c1-3-13-35(14-4-1)56-59-57(36-15-5-2-6-16-36)61-58(60-56)42-20-12-18-38(30-42)37-17-11-19-41(29-37)55-45-23-8-7-21-43(45)47-31-39(25-27-46(47)55)40-26-28-52-48(32-40)50-34-53-49(33-54(50)63-52)44-22-9-10-24-51(44)62-53/h1-34,55H. The lowest BCUT2D eigenvalue weighted by Crippen LogP contribution is -2.00. The third-order valence-corrected chi connectivity index (χ3v) is 12.6. The van der Waals surface area contributed by atoms with E-state index in [4.69, 9.17) is 23.8 Å². The topological polar surface area (TPSA) is 65.0 Å². The Morgan fingerprint density at radius 2 is 0.794 bits per heavy atom. The second-order valence-electron chi connectivity index (χ2n) is 16.3. The zero-order chi connectivity index (χ0) is 41.4. The van der Waals surface area contributed by atoms with Gasteiger partial charge in [0.15, 0.2) is 17.5 Å². The number of benzene rings is 9. The summed E-state index contributed by atoms with van der Waals surface area (Å²) in [5.41, 5.74) is 17.3. The molecule has 5 nitrogen and oxygen atoms in total. The van der Waals surface area contributed by atoms with Crippen molar-refractivity contribution in [1.82, 2.24) is 15.0 Å². The van der Waals surface area contributed by atoms with Crippen LogP contribution in [0.1, 0.15) is 22.6 Å². The summed E-state index contributed by atoms with van der Waals surface area (Å²) in [5, 5.41) is 4.30. The smallest absolute Gasteiger partial charge is 0.164 e. The van der Waals surface area contributed by atoms with Crippen LogP contribution in [-0.2, 0) is 0 Å². The second kappa shape index (κ2) is 14.1. The molecule has 63 heavy (non-hydrogen) atoms. The molecule has 9 aromatic carbocycles. The van der Waals surface area contributed by atoms with Crippen LogP contribution in [0.15, 0.2) is 215 Å². The van der Waals surface area contributed by atoms with Gasteiger partial charge in [-0.25, -0.2) is 15.0 Å². The maximum atomic E-state index is 6.42. The van der Waals surface area contributed by atoms with E-state index in [2.05, 4.69) is 127 Å². The summed E-state index contributed by atoms with van der Waals surface area (Å²) >= 11 is 0. The molecule has 0 aliphatic heterocycles. The van der Waals surface area contributed by atoms with E-state index in [1.54, 1.807) is 0 Å². The fraction of sp³-hybridized carbons (Fsp3) is 0.0172. The Morgan fingerprint density at radius 1 is 0.286 bits per heavy atom. The van der Waals surface area contributed by atoms with Gasteiger partial charge in [0.25, 0.3) is 0 Å². The Balaban J connectivity index is 0.867. The number of hydrogen-bond donors (Lipinski definition) is 0. The van der Waals surface area contributed by atoms with Crippen molar-refractivity contribution < 1.29 is 8.83 Å². The lowest BCUT2D eigenvalue weighted by Gasteiger charge is -2.16. The second-order valence-corrected chi connectivity index (χ2v) is 16.3. The molecular formula is C58H35N3O2. The third-order valence-electron chi connectivity index (χ3n) is 12.6. The number of rotatable bonds is 6.